The smallest absolute Gasteiger partial charge is 0.134 e. The van der Waals surface area contributed by atoms with E-state index in [9.17, 15) is 0 Å². The van der Waals surface area contributed by atoms with Gasteiger partial charge < -0.3 is 14.5 Å². The summed E-state index contributed by atoms with van der Waals surface area (Å²) in [7, 11) is 1.69. The lowest BCUT2D eigenvalue weighted by atomic mass is 10.1. The number of benzene rings is 2. The highest BCUT2D eigenvalue weighted by atomic mass is 16.5. The van der Waals surface area contributed by atoms with Gasteiger partial charge >= 0.3 is 0 Å². The number of aryl methyl sites for hydroxylation is 1. The second-order valence-electron chi connectivity index (χ2n) is 5.24. The van der Waals surface area contributed by atoms with Crippen molar-refractivity contribution in [2.24, 2.45) is 0 Å². The Hall–Kier alpha value is -2.42. The van der Waals surface area contributed by atoms with Gasteiger partial charge in [0.25, 0.3) is 0 Å². The number of furan rings is 1. The minimum absolute atomic E-state index is 0.102. The second-order valence-corrected chi connectivity index (χ2v) is 5.24. The highest BCUT2D eigenvalue weighted by Crippen LogP contribution is 2.28. The van der Waals surface area contributed by atoms with Crippen LogP contribution in [0.25, 0.3) is 11.0 Å². The molecule has 3 heteroatoms. The van der Waals surface area contributed by atoms with Gasteiger partial charge in [-0.3, -0.25) is 0 Å². The van der Waals surface area contributed by atoms with Crippen LogP contribution in [0.2, 0.25) is 0 Å². The normalized spacial score (nSPS) is 12.3. The highest BCUT2D eigenvalue weighted by molar-refractivity contribution is 5.77. The molecule has 0 fully saturated rings. The molecule has 0 aliphatic carbocycles. The maximum absolute atomic E-state index is 5.89. The van der Waals surface area contributed by atoms with Gasteiger partial charge in [-0.15, -0.1) is 0 Å². The number of nitrogens with one attached hydrogen (secondary N) is 1. The summed E-state index contributed by atoms with van der Waals surface area (Å²) in [6, 6.07) is 16.3. The molecule has 1 heterocycles. The predicted octanol–water partition coefficient (Wildman–Crippen LogP) is 4.92. The van der Waals surface area contributed by atoms with Gasteiger partial charge in [0, 0.05) is 11.1 Å². The number of hydrogen-bond donors (Lipinski definition) is 1. The Bertz CT molecular complexity index is 728. The summed E-state index contributed by atoms with van der Waals surface area (Å²) in [5.41, 5.74) is 3.09. The lowest BCUT2D eigenvalue weighted by Gasteiger charge is -2.14. The Kier molecular flexibility index (Phi) is 3.57. The summed E-state index contributed by atoms with van der Waals surface area (Å²) in [4.78, 5) is 0. The molecule has 0 amide bonds. The van der Waals surface area contributed by atoms with Gasteiger partial charge in [-0.2, -0.15) is 0 Å². The van der Waals surface area contributed by atoms with E-state index < -0.39 is 0 Å². The largest absolute Gasteiger partial charge is 0.496 e. The van der Waals surface area contributed by atoms with Crippen molar-refractivity contribution in [3.05, 3.63) is 59.9 Å². The summed E-state index contributed by atoms with van der Waals surface area (Å²) < 4.78 is 11.2. The van der Waals surface area contributed by atoms with Crippen molar-refractivity contribution in [2.75, 3.05) is 12.4 Å². The van der Waals surface area contributed by atoms with Crippen molar-refractivity contribution >= 4 is 16.7 Å². The van der Waals surface area contributed by atoms with Crippen molar-refractivity contribution in [1.82, 2.24) is 0 Å². The van der Waals surface area contributed by atoms with E-state index in [-0.39, 0.29) is 6.04 Å². The molecule has 1 N–H and O–H groups in total. The number of rotatable bonds is 4. The van der Waals surface area contributed by atoms with E-state index in [4.69, 9.17) is 9.15 Å². The van der Waals surface area contributed by atoms with Crippen molar-refractivity contribution < 1.29 is 9.15 Å². The van der Waals surface area contributed by atoms with Crippen LogP contribution in [-0.4, -0.2) is 7.11 Å². The molecule has 2 aromatic carbocycles. The maximum Gasteiger partial charge on any atom is 0.134 e. The summed E-state index contributed by atoms with van der Waals surface area (Å²) in [6.45, 7) is 4.13. The van der Waals surface area contributed by atoms with Crippen molar-refractivity contribution in [3.63, 3.8) is 0 Å². The van der Waals surface area contributed by atoms with Gasteiger partial charge in [-0.1, -0.05) is 18.2 Å². The monoisotopic (exact) mass is 281 g/mol. The van der Waals surface area contributed by atoms with Crippen molar-refractivity contribution in [1.29, 1.82) is 0 Å². The first-order chi connectivity index (χ1) is 10.2. The molecule has 21 heavy (non-hydrogen) atoms. The van der Waals surface area contributed by atoms with Crippen molar-refractivity contribution in [2.45, 2.75) is 19.9 Å². The molecule has 0 saturated heterocycles. The number of methoxy groups -OCH3 is 1. The standard InChI is InChI=1S/C18H19NO2/c1-12-10-15(8-9-16(12)20-3)19-13(2)18-11-14-6-4-5-7-17(14)21-18/h4-11,13,19H,1-3H3. The van der Waals surface area contributed by atoms with E-state index in [0.29, 0.717) is 0 Å². The molecule has 0 aliphatic rings. The molecule has 0 aliphatic heterocycles. The summed E-state index contributed by atoms with van der Waals surface area (Å²) in [5, 5.41) is 4.59. The third-order valence-corrected chi connectivity index (χ3v) is 3.65. The molecule has 0 spiro atoms. The van der Waals surface area contributed by atoms with Gasteiger partial charge in [0.2, 0.25) is 0 Å². The number of ether oxygens (including phenoxy) is 1. The zero-order valence-corrected chi connectivity index (χ0v) is 12.5. The van der Waals surface area contributed by atoms with Gasteiger partial charge in [0.1, 0.15) is 17.1 Å². The van der Waals surface area contributed by atoms with Crippen LogP contribution in [0, 0.1) is 6.92 Å². The summed E-state index contributed by atoms with van der Waals surface area (Å²) >= 11 is 0. The van der Waals surface area contributed by atoms with Crippen LogP contribution in [0.15, 0.2) is 52.9 Å². The average molecular weight is 281 g/mol. The summed E-state index contributed by atoms with van der Waals surface area (Å²) in [6.07, 6.45) is 0. The minimum Gasteiger partial charge on any atom is -0.496 e. The van der Waals surface area contributed by atoms with Gasteiger partial charge in [-0.05, 0) is 49.7 Å². The van der Waals surface area contributed by atoms with Crippen LogP contribution in [0.5, 0.6) is 5.75 Å². The van der Waals surface area contributed by atoms with E-state index in [1.54, 1.807) is 7.11 Å². The highest BCUT2D eigenvalue weighted by Gasteiger charge is 2.11. The van der Waals surface area contributed by atoms with E-state index >= 15 is 0 Å². The number of fused-ring (bicyclic) bond motifs is 1. The van der Waals surface area contributed by atoms with Crippen LogP contribution in [0.4, 0.5) is 5.69 Å². The third kappa shape index (κ3) is 2.72. The minimum atomic E-state index is 0.102. The van der Waals surface area contributed by atoms with Crippen LogP contribution in [0.1, 0.15) is 24.3 Å². The van der Waals surface area contributed by atoms with Crippen LogP contribution < -0.4 is 10.1 Å². The Balaban J connectivity index is 1.82. The zero-order chi connectivity index (χ0) is 14.8. The second kappa shape index (κ2) is 5.52. The third-order valence-electron chi connectivity index (χ3n) is 3.65. The van der Waals surface area contributed by atoms with Crippen LogP contribution >= 0.6 is 0 Å². The van der Waals surface area contributed by atoms with E-state index in [1.807, 2.05) is 37.3 Å². The number of hydrogen-bond acceptors (Lipinski definition) is 3. The predicted molar refractivity (Wildman–Crippen MR) is 86.0 cm³/mol. The zero-order valence-electron chi connectivity index (χ0n) is 12.5. The molecule has 3 rings (SSSR count). The molecule has 108 valence electrons. The fourth-order valence-electron chi connectivity index (χ4n) is 2.51. The first kappa shape index (κ1) is 13.6. The van der Waals surface area contributed by atoms with E-state index in [1.165, 1.54) is 0 Å². The molecule has 1 unspecified atom stereocenters. The Morgan fingerprint density at radius 3 is 2.62 bits per heavy atom. The lowest BCUT2D eigenvalue weighted by Crippen LogP contribution is -2.05. The molecular weight excluding hydrogens is 262 g/mol. The molecule has 1 atom stereocenters. The topological polar surface area (TPSA) is 34.4 Å². The molecule has 0 bridgehead atoms. The fourth-order valence-corrected chi connectivity index (χ4v) is 2.51. The Labute approximate surface area is 124 Å². The molecule has 3 aromatic rings. The first-order valence-corrected chi connectivity index (χ1v) is 7.07. The van der Waals surface area contributed by atoms with E-state index in [0.717, 1.165) is 33.7 Å². The number of anilines is 1. The Morgan fingerprint density at radius 1 is 1.10 bits per heavy atom. The van der Waals surface area contributed by atoms with Gasteiger partial charge in [0.05, 0.1) is 13.2 Å². The van der Waals surface area contributed by atoms with E-state index in [2.05, 4.69) is 30.4 Å². The lowest BCUT2D eigenvalue weighted by molar-refractivity contribution is 0.412. The molecule has 0 saturated carbocycles. The molecule has 1 aromatic heterocycles. The maximum atomic E-state index is 5.89. The average Bonchev–Trinajstić information content (AvgIpc) is 2.91. The molecule has 3 nitrogen and oxygen atoms in total. The van der Waals surface area contributed by atoms with Crippen molar-refractivity contribution in [3.8, 4) is 5.75 Å². The quantitative estimate of drug-likeness (QED) is 0.736. The first-order valence-electron chi connectivity index (χ1n) is 7.07. The fraction of sp³-hybridized carbons (Fsp3) is 0.222. The van der Waals surface area contributed by atoms with Gasteiger partial charge in [-0.25, -0.2) is 0 Å². The Morgan fingerprint density at radius 2 is 1.90 bits per heavy atom. The summed E-state index contributed by atoms with van der Waals surface area (Å²) in [5.74, 6) is 1.83. The molecule has 0 radical (unpaired) electrons. The van der Waals surface area contributed by atoms with Crippen LogP contribution in [0.3, 0.4) is 0 Å². The number of para-hydroxylation sites is 1. The van der Waals surface area contributed by atoms with Gasteiger partial charge in [0.15, 0.2) is 0 Å². The SMILES string of the molecule is COc1ccc(NC(C)c2cc3ccccc3o2)cc1C. The molecular formula is C18H19NO2. The van der Waals surface area contributed by atoms with Crippen LogP contribution in [-0.2, 0) is 0 Å².